The molecule has 1 amide bonds. The Balaban J connectivity index is 1.81. The number of hydrogen-bond donors (Lipinski definition) is 2. The highest BCUT2D eigenvalue weighted by Crippen LogP contribution is 2.18. The summed E-state index contributed by atoms with van der Waals surface area (Å²) in [4.78, 5) is 11.6. The summed E-state index contributed by atoms with van der Waals surface area (Å²) in [6.45, 7) is -0.0544. The summed E-state index contributed by atoms with van der Waals surface area (Å²) in [5.41, 5.74) is 6.73. The van der Waals surface area contributed by atoms with Crippen LogP contribution in [-0.2, 0) is 4.79 Å². The van der Waals surface area contributed by atoms with Gasteiger partial charge in [-0.1, -0.05) is 0 Å². The summed E-state index contributed by atoms with van der Waals surface area (Å²) in [5.74, 6) is -1.78. The fraction of sp³-hybridized carbons (Fsp3) is 0.133. The normalized spacial score (nSPS) is 10.2. The van der Waals surface area contributed by atoms with Crippen molar-refractivity contribution in [3.63, 3.8) is 0 Å². The molecule has 2 aromatic rings. The molecule has 0 unspecified atom stereocenters. The maximum Gasteiger partial charge on any atom is 0.227 e. The van der Waals surface area contributed by atoms with Crippen LogP contribution in [0.25, 0.3) is 0 Å². The average Bonchev–Trinajstić information content (AvgIpc) is 2.45. The number of ether oxygens (including phenoxy) is 1. The van der Waals surface area contributed by atoms with Crippen molar-refractivity contribution in [3.05, 3.63) is 54.1 Å². The molecule has 0 aliphatic carbocycles. The van der Waals surface area contributed by atoms with Crippen molar-refractivity contribution in [2.24, 2.45) is 0 Å². The molecule has 4 nitrogen and oxygen atoms in total. The van der Waals surface area contributed by atoms with E-state index in [1.807, 2.05) is 0 Å². The van der Waals surface area contributed by atoms with Gasteiger partial charge in [-0.3, -0.25) is 4.79 Å². The van der Waals surface area contributed by atoms with E-state index < -0.39 is 11.6 Å². The van der Waals surface area contributed by atoms with Crippen LogP contribution in [0, 0.1) is 11.6 Å². The van der Waals surface area contributed by atoms with E-state index in [0.717, 1.165) is 18.2 Å². The van der Waals surface area contributed by atoms with Gasteiger partial charge in [0.25, 0.3) is 0 Å². The molecule has 2 rings (SSSR count). The van der Waals surface area contributed by atoms with Gasteiger partial charge in [0, 0.05) is 17.4 Å². The second-order valence-electron chi connectivity index (χ2n) is 4.34. The summed E-state index contributed by atoms with van der Waals surface area (Å²) in [6.07, 6.45) is 0.0142. The molecule has 6 heteroatoms. The van der Waals surface area contributed by atoms with E-state index in [1.165, 1.54) is 0 Å². The number of hydrogen-bond acceptors (Lipinski definition) is 3. The smallest absolute Gasteiger partial charge is 0.227 e. The predicted octanol–water partition coefficient (Wildman–Crippen LogP) is 2.95. The molecule has 0 bridgehead atoms. The lowest BCUT2D eigenvalue weighted by Gasteiger charge is -2.08. The third kappa shape index (κ3) is 4.45. The van der Waals surface area contributed by atoms with Gasteiger partial charge in [0.15, 0.2) is 11.6 Å². The number of nitrogens with two attached hydrogens (primary N) is 1. The largest absolute Gasteiger partial charge is 0.490 e. The van der Waals surface area contributed by atoms with Crippen LogP contribution >= 0.6 is 0 Å². The van der Waals surface area contributed by atoms with Crippen LogP contribution in [0.2, 0.25) is 0 Å². The summed E-state index contributed by atoms with van der Waals surface area (Å²) in [6, 6.07) is 9.56. The van der Waals surface area contributed by atoms with Crippen molar-refractivity contribution >= 4 is 17.3 Å². The van der Waals surface area contributed by atoms with E-state index in [1.54, 1.807) is 24.3 Å². The van der Waals surface area contributed by atoms with Crippen LogP contribution < -0.4 is 15.8 Å². The highest BCUT2D eigenvalue weighted by atomic mass is 19.1. The van der Waals surface area contributed by atoms with Crippen molar-refractivity contribution in [2.75, 3.05) is 17.7 Å². The lowest BCUT2D eigenvalue weighted by molar-refractivity contribution is -0.116. The molecular formula is C15H14F2N2O2. The van der Waals surface area contributed by atoms with Gasteiger partial charge in [-0.15, -0.1) is 0 Å². The van der Waals surface area contributed by atoms with Gasteiger partial charge < -0.3 is 15.8 Å². The Labute approximate surface area is 120 Å². The zero-order chi connectivity index (χ0) is 15.2. The van der Waals surface area contributed by atoms with Crippen molar-refractivity contribution in [1.29, 1.82) is 0 Å². The number of rotatable bonds is 5. The zero-order valence-corrected chi connectivity index (χ0v) is 11.1. The maximum absolute atomic E-state index is 13.3. The minimum absolute atomic E-state index is 0.0142. The van der Waals surface area contributed by atoms with E-state index in [2.05, 4.69) is 5.32 Å². The van der Waals surface area contributed by atoms with Gasteiger partial charge in [-0.25, -0.2) is 8.78 Å². The predicted molar refractivity (Wildman–Crippen MR) is 76.0 cm³/mol. The van der Waals surface area contributed by atoms with Crippen molar-refractivity contribution in [1.82, 2.24) is 0 Å². The van der Waals surface area contributed by atoms with Gasteiger partial charge in [-0.2, -0.15) is 0 Å². The van der Waals surface area contributed by atoms with Crippen molar-refractivity contribution in [3.8, 4) is 5.75 Å². The molecular weight excluding hydrogens is 278 g/mol. The average molecular weight is 292 g/mol. The van der Waals surface area contributed by atoms with Gasteiger partial charge in [0.2, 0.25) is 5.91 Å². The molecule has 0 spiro atoms. The topological polar surface area (TPSA) is 64.3 Å². The SMILES string of the molecule is Nc1ccc(NC(=O)CCOc2cc(F)ccc2F)cc1. The molecule has 0 saturated heterocycles. The Morgan fingerprint density at radius 3 is 2.57 bits per heavy atom. The van der Waals surface area contributed by atoms with Crippen LogP contribution in [0.3, 0.4) is 0 Å². The minimum atomic E-state index is -0.671. The highest BCUT2D eigenvalue weighted by Gasteiger charge is 2.07. The third-order valence-corrected chi connectivity index (χ3v) is 2.67. The number of amides is 1. The number of carbonyl (C=O) groups excluding carboxylic acids is 1. The van der Waals surface area contributed by atoms with Crippen LogP contribution in [0.1, 0.15) is 6.42 Å². The molecule has 0 aromatic heterocycles. The first-order valence-electron chi connectivity index (χ1n) is 6.28. The van der Waals surface area contributed by atoms with E-state index in [-0.39, 0.29) is 24.7 Å². The Hall–Kier alpha value is -2.63. The summed E-state index contributed by atoms with van der Waals surface area (Å²) in [5, 5.41) is 2.64. The van der Waals surface area contributed by atoms with Gasteiger partial charge in [-0.05, 0) is 36.4 Å². The standard InChI is InChI=1S/C15H14F2N2O2/c16-10-1-6-13(17)14(9-10)21-8-7-15(20)19-12-4-2-11(18)3-5-12/h1-6,9H,7-8,18H2,(H,19,20). The molecule has 0 fully saturated rings. The minimum Gasteiger partial charge on any atom is -0.490 e. The number of nitrogens with one attached hydrogen (secondary N) is 1. The van der Waals surface area contributed by atoms with Crippen LogP contribution in [0.15, 0.2) is 42.5 Å². The fourth-order valence-electron chi connectivity index (χ4n) is 1.63. The first-order chi connectivity index (χ1) is 10.0. The number of nitrogen functional groups attached to an aromatic ring is 1. The Kier molecular flexibility index (Phi) is 4.71. The molecule has 0 heterocycles. The molecule has 0 aliphatic heterocycles. The lowest BCUT2D eigenvalue weighted by Crippen LogP contribution is -2.15. The summed E-state index contributed by atoms with van der Waals surface area (Å²) in [7, 11) is 0. The third-order valence-electron chi connectivity index (χ3n) is 2.67. The number of carbonyl (C=O) groups is 1. The Morgan fingerprint density at radius 2 is 1.86 bits per heavy atom. The Morgan fingerprint density at radius 1 is 1.14 bits per heavy atom. The number of anilines is 2. The van der Waals surface area contributed by atoms with Crippen molar-refractivity contribution < 1.29 is 18.3 Å². The van der Waals surface area contributed by atoms with Crippen molar-refractivity contribution in [2.45, 2.75) is 6.42 Å². The zero-order valence-electron chi connectivity index (χ0n) is 11.1. The van der Waals surface area contributed by atoms with Crippen LogP contribution in [-0.4, -0.2) is 12.5 Å². The first kappa shape index (κ1) is 14.8. The molecule has 0 saturated carbocycles. The summed E-state index contributed by atoms with van der Waals surface area (Å²) < 4.78 is 31.2. The summed E-state index contributed by atoms with van der Waals surface area (Å²) >= 11 is 0. The fourth-order valence-corrected chi connectivity index (χ4v) is 1.63. The quantitative estimate of drug-likeness (QED) is 0.833. The number of benzene rings is 2. The lowest BCUT2D eigenvalue weighted by atomic mass is 10.3. The van der Waals surface area contributed by atoms with E-state index >= 15 is 0 Å². The van der Waals surface area contributed by atoms with Crippen LogP contribution in [0.4, 0.5) is 20.2 Å². The molecule has 0 atom stereocenters. The molecule has 110 valence electrons. The molecule has 21 heavy (non-hydrogen) atoms. The first-order valence-corrected chi connectivity index (χ1v) is 6.28. The second kappa shape index (κ2) is 6.69. The van der Waals surface area contributed by atoms with E-state index in [0.29, 0.717) is 11.4 Å². The van der Waals surface area contributed by atoms with Gasteiger partial charge in [0.1, 0.15) is 5.82 Å². The molecule has 0 aliphatic rings. The monoisotopic (exact) mass is 292 g/mol. The molecule has 3 N–H and O–H groups in total. The maximum atomic E-state index is 13.3. The highest BCUT2D eigenvalue weighted by molar-refractivity contribution is 5.90. The Bertz CT molecular complexity index is 630. The van der Waals surface area contributed by atoms with E-state index in [4.69, 9.17) is 10.5 Å². The molecule has 0 radical (unpaired) electrons. The van der Waals surface area contributed by atoms with Crippen LogP contribution in [0.5, 0.6) is 5.75 Å². The van der Waals surface area contributed by atoms with Gasteiger partial charge >= 0.3 is 0 Å². The van der Waals surface area contributed by atoms with Gasteiger partial charge in [0.05, 0.1) is 13.0 Å². The second-order valence-corrected chi connectivity index (χ2v) is 4.34. The molecule has 2 aromatic carbocycles. The number of halogens is 2. The van der Waals surface area contributed by atoms with E-state index in [9.17, 15) is 13.6 Å².